The quantitative estimate of drug-likeness (QED) is 0.333. The zero-order valence-corrected chi connectivity index (χ0v) is 10.6. The number of carbonyl (C=O) groups is 1. The molecule has 0 aromatic rings. The van der Waals surface area contributed by atoms with Gasteiger partial charge < -0.3 is 9.84 Å². The van der Waals surface area contributed by atoms with Crippen LogP contribution in [0, 0.1) is 17.8 Å². The molecule has 0 saturated heterocycles. The summed E-state index contributed by atoms with van der Waals surface area (Å²) < 4.78 is 34.2. The summed E-state index contributed by atoms with van der Waals surface area (Å²) in [6, 6.07) is 0. The lowest BCUT2D eigenvalue weighted by Crippen LogP contribution is -2.31. The Morgan fingerprint density at radius 2 is 2.05 bits per heavy atom. The van der Waals surface area contributed by atoms with Crippen LogP contribution in [0.1, 0.15) is 19.3 Å². The molecule has 2 bridgehead atoms. The zero-order chi connectivity index (χ0) is 14.0. The molecule has 0 aromatic carbocycles. The first-order valence-electron chi connectivity index (χ1n) is 5.83. The van der Waals surface area contributed by atoms with E-state index in [0.29, 0.717) is 12.8 Å². The van der Waals surface area contributed by atoms with Crippen LogP contribution < -0.4 is 0 Å². The van der Waals surface area contributed by atoms with Crippen LogP contribution in [0.15, 0.2) is 0 Å². The van der Waals surface area contributed by atoms with Crippen molar-refractivity contribution in [2.75, 3.05) is 6.61 Å². The highest BCUT2D eigenvalue weighted by atomic mass is 32.2. The molecule has 0 heterocycles. The Hall–Kier alpha value is -0.480. The molecule has 0 spiro atoms. The topological polar surface area (TPSA) is 85.2 Å². The highest BCUT2D eigenvalue weighted by Gasteiger charge is 2.48. The van der Waals surface area contributed by atoms with E-state index >= 15 is 0 Å². The van der Waals surface area contributed by atoms with Crippen molar-refractivity contribution in [1.82, 2.24) is 0 Å². The van der Waals surface area contributed by atoms with Gasteiger partial charge >= 0.3 is 11.2 Å². The average Bonchev–Trinajstić information content (AvgIpc) is 2.92. The van der Waals surface area contributed by atoms with Gasteiger partial charge in [0.15, 0.2) is 0 Å². The lowest BCUT2D eigenvalue weighted by atomic mass is 9.88. The van der Waals surface area contributed by atoms with Crippen molar-refractivity contribution >= 4 is 18.0 Å². The molecule has 0 aliphatic heterocycles. The molecule has 6 nitrogen and oxygen atoms in total. The first kappa shape index (κ1) is 14.9. The van der Waals surface area contributed by atoms with Gasteiger partial charge in [-0.15, -0.1) is 4.33 Å². The summed E-state index contributed by atoms with van der Waals surface area (Å²) in [7, 11) is 0. The number of esters is 1. The monoisotopic (exact) mass is 300 g/mol. The fourth-order valence-corrected chi connectivity index (χ4v) is 3.17. The SMILES string of the molecule is O=C(OCC1CC2CC1CC2O)C(F)(F)SOOO. The molecule has 9 heteroatoms. The third-order valence-corrected chi connectivity index (χ3v) is 4.31. The fourth-order valence-electron chi connectivity index (χ4n) is 2.93. The molecular weight excluding hydrogens is 286 g/mol. The Balaban J connectivity index is 1.75. The van der Waals surface area contributed by atoms with E-state index in [1.165, 1.54) is 0 Å². The van der Waals surface area contributed by atoms with Gasteiger partial charge in [0.25, 0.3) is 0 Å². The number of hydrogen-bond donors (Lipinski definition) is 2. The van der Waals surface area contributed by atoms with E-state index in [0.717, 1.165) is 6.42 Å². The number of aliphatic hydroxyl groups is 1. The molecule has 2 aliphatic carbocycles. The van der Waals surface area contributed by atoms with E-state index in [9.17, 15) is 18.7 Å². The summed E-state index contributed by atoms with van der Waals surface area (Å²) in [4.78, 5) is 11.1. The lowest BCUT2D eigenvalue weighted by molar-refractivity contribution is -0.433. The number of aliphatic hydroxyl groups excluding tert-OH is 1. The molecule has 0 amide bonds. The number of hydrogen-bond acceptors (Lipinski definition) is 7. The second-order valence-electron chi connectivity index (χ2n) is 4.90. The average molecular weight is 300 g/mol. The van der Waals surface area contributed by atoms with Crippen molar-refractivity contribution in [3.8, 4) is 0 Å². The van der Waals surface area contributed by atoms with Gasteiger partial charge in [-0.2, -0.15) is 8.78 Å². The van der Waals surface area contributed by atoms with Gasteiger partial charge in [-0.25, -0.2) is 10.1 Å². The molecule has 2 saturated carbocycles. The number of halogens is 2. The van der Waals surface area contributed by atoms with E-state index in [1.54, 1.807) is 0 Å². The van der Waals surface area contributed by atoms with Crippen molar-refractivity contribution in [2.24, 2.45) is 17.8 Å². The van der Waals surface area contributed by atoms with Crippen LogP contribution >= 0.6 is 12.0 Å². The summed E-state index contributed by atoms with van der Waals surface area (Å²) in [5.41, 5.74) is 0. The van der Waals surface area contributed by atoms with Crippen LogP contribution in [-0.2, 0) is 18.9 Å². The van der Waals surface area contributed by atoms with Crippen molar-refractivity contribution in [2.45, 2.75) is 30.6 Å². The van der Waals surface area contributed by atoms with Crippen LogP contribution in [0.25, 0.3) is 0 Å². The molecule has 4 atom stereocenters. The predicted octanol–water partition coefficient (Wildman–Crippen LogP) is 1.60. The van der Waals surface area contributed by atoms with Crippen LogP contribution in [0.2, 0.25) is 0 Å². The maximum absolute atomic E-state index is 13.1. The zero-order valence-electron chi connectivity index (χ0n) is 9.83. The number of rotatable bonds is 6. The molecule has 110 valence electrons. The number of carbonyl (C=O) groups excluding carboxylic acids is 1. The third-order valence-electron chi connectivity index (χ3n) is 3.80. The second-order valence-corrected chi connectivity index (χ2v) is 5.71. The fraction of sp³-hybridized carbons (Fsp3) is 0.900. The van der Waals surface area contributed by atoms with Crippen molar-refractivity contribution < 1.29 is 38.0 Å². The maximum Gasteiger partial charge on any atom is 0.415 e. The van der Waals surface area contributed by atoms with Gasteiger partial charge in [-0.1, -0.05) is 5.04 Å². The first-order chi connectivity index (χ1) is 8.94. The number of fused-ring (bicyclic) bond motifs is 2. The molecule has 4 unspecified atom stereocenters. The Morgan fingerprint density at radius 3 is 2.58 bits per heavy atom. The van der Waals surface area contributed by atoms with E-state index in [4.69, 9.17) is 5.26 Å². The Kier molecular flexibility index (Phi) is 4.62. The number of alkyl halides is 2. The Morgan fingerprint density at radius 1 is 1.32 bits per heavy atom. The van der Waals surface area contributed by atoms with E-state index in [-0.39, 0.29) is 30.5 Å². The van der Waals surface area contributed by atoms with Gasteiger partial charge in [-0.05, 0) is 37.0 Å². The van der Waals surface area contributed by atoms with Gasteiger partial charge in [0, 0.05) is 0 Å². The van der Waals surface area contributed by atoms with Crippen molar-refractivity contribution in [3.63, 3.8) is 0 Å². The third kappa shape index (κ3) is 3.34. The van der Waals surface area contributed by atoms with Gasteiger partial charge in [0.1, 0.15) is 12.0 Å². The molecule has 0 radical (unpaired) electrons. The highest BCUT2D eigenvalue weighted by Crippen LogP contribution is 2.48. The van der Waals surface area contributed by atoms with Crippen LogP contribution in [0.5, 0.6) is 0 Å². The second kappa shape index (κ2) is 5.88. The van der Waals surface area contributed by atoms with Crippen LogP contribution in [0.4, 0.5) is 8.78 Å². The van der Waals surface area contributed by atoms with Gasteiger partial charge in [-0.3, -0.25) is 0 Å². The lowest BCUT2D eigenvalue weighted by Gasteiger charge is -2.25. The summed E-state index contributed by atoms with van der Waals surface area (Å²) in [5.74, 6) is -1.30. The van der Waals surface area contributed by atoms with E-state index < -0.39 is 23.3 Å². The Labute approximate surface area is 112 Å². The van der Waals surface area contributed by atoms with Crippen molar-refractivity contribution in [3.05, 3.63) is 0 Å². The summed E-state index contributed by atoms with van der Waals surface area (Å²) in [5, 5.41) is 16.4. The Bertz CT molecular complexity index is 340. The van der Waals surface area contributed by atoms with Gasteiger partial charge in [0.2, 0.25) is 0 Å². The first-order valence-corrected chi connectivity index (χ1v) is 6.57. The van der Waals surface area contributed by atoms with Crippen LogP contribution in [0.3, 0.4) is 0 Å². The molecule has 2 rings (SSSR count). The predicted molar refractivity (Wildman–Crippen MR) is 58.6 cm³/mol. The standard InChI is InChI=1S/C10H14F2O6S/c11-10(12,19-18-17-15)9(14)16-4-7-2-6-1-5(7)3-8(6)13/h5-8,13,15H,1-4H2. The number of ether oxygens (including phenoxy) is 1. The molecule has 19 heavy (non-hydrogen) atoms. The molecule has 2 aliphatic rings. The van der Waals surface area contributed by atoms with E-state index in [1.807, 2.05) is 0 Å². The molecule has 2 fully saturated rings. The van der Waals surface area contributed by atoms with E-state index in [2.05, 4.69) is 14.1 Å². The largest absolute Gasteiger partial charge is 0.460 e. The molecular formula is C10H14F2O6S. The normalized spacial score (nSPS) is 33.7. The smallest absolute Gasteiger partial charge is 0.415 e. The van der Waals surface area contributed by atoms with Crippen molar-refractivity contribution in [1.29, 1.82) is 0 Å². The molecule has 2 N–H and O–H groups in total. The summed E-state index contributed by atoms with van der Waals surface area (Å²) in [6.45, 7) is -0.0944. The maximum atomic E-state index is 13.1. The minimum absolute atomic E-state index is 0.0214. The minimum Gasteiger partial charge on any atom is -0.460 e. The van der Waals surface area contributed by atoms with Gasteiger partial charge in [0.05, 0.1) is 12.7 Å². The summed E-state index contributed by atoms with van der Waals surface area (Å²) >= 11 is -0.635. The molecule has 0 aromatic heterocycles. The highest BCUT2D eigenvalue weighted by molar-refractivity contribution is 7.96. The summed E-state index contributed by atoms with van der Waals surface area (Å²) in [6.07, 6.45) is 1.87. The minimum atomic E-state index is -3.94. The van der Waals surface area contributed by atoms with Crippen LogP contribution in [-0.4, -0.2) is 34.3 Å².